The first-order valence-corrected chi connectivity index (χ1v) is 7.37. The molecular weight excluding hydrogens is 228 g/mol. The highest BCUT2D eigenvalue weighted by Gasteiger charge is 2.43. The SMILES string of the molecule is O=C(NCC1(CO)CC1)C1CC2CCCCC2N1. The topological polar surface area (TPSA) is 61.4 Å². The molecule has 3 aliphatic rings. The Hall–Kier alpha value is -0.610. The minimum Gasteiger partial charge on any atom is -0.396 e. The number of carbonyl (C=O) groups is 1. The van der Waals surface area contributed by atoms with E-state index in [1.54, 1.807) is 0 Å². The lowest BCUT2D eigenvalue weighted by Crippen LogP contribution is -2.45. The van der Waals surface area contributed by atoms with Crippen LogP contribution in [0.25, 0.3) is 0 Å². The smallest absolute Gasteiger partial charge is 0.237 e. The highest BCUT2D eigenvalue weighted by Crippen LogP contribution is 2.44. The van der Waals surface area contributed by atoms with Gasteiger partial charge in [-0.3, -0.25) is 4.79 Å². The van der Waals surface area contributed by atoms with Gasteiger partial charge < -0.3 is 15.7 Å². The molecule has 18 heavy (non-hydrogen) atoms. The van der Waals surface area contributed by atoms with Crippen LogP contribution in [0.15, 0.2) is 0 Å². The van der Waals surface area contributed by atoms with Crippen LogP contribution in [0.5, 0.6) is 0 Å². The first-order valence-electron chi connectivity index (χ1n) is 7.37. The van der Waals surface area contributed by atoms with Crippen molar-refractivity contribution < 1.29 is 9.90 Å². The average Bonchev–Trinajstić information content (AvgIpc) is 3.05. The highest BCUT2D eigenvalue weighted by atomic mass is 16.3. The van der Waals surface area contributed by atoms with Crippen LogP contribution in [0, 0.1) is 11.3 Å². The van der Waals surface area contributed by atoms with Crippen LogP contribution in [0.3, 0.4) is 0 Å². The van der Waals surface area contributed by atoms with E-state index in [4.69, 9.17) is 0 Å². The molecule has 3 N–H and O–H groups in total. The second kappa shape index (κ2) is 4.82. The molecule has 3 rings (SSSR count). The van der Waals surface area contributed by atoms with E-state index in [1.165, 1.54) is 25.7 Å². The Balaban J connectivity index is 1.48. The van der Waals surface area contributed by atoms with Gasteiger partial charge in [0.05, 0.1) is 12.6 Å². The third kappa shape index (κ3) is 2.41. The Morgan fingerprint density at radius 3 is 2.78 bits per heavy atom. The van der Waals surface area contributed by atoms with E-state index in [2.05, 4.69) is 10.6 Å². The van der Waals surface area contributed by atoms with Crippen molar-refractivity contribution in [1.82, 2.24) is 10.6 Å². The van der Waals surface area contributed by atoms with Crippen molar-refractivity contribution in [3.8, 4) is 0 Å². The lowest BCUT2D eigenvalue weighted by atomic mass is 9.85. The fourth-order valence-electron chi connectivity index (χ4n) is 3.49. The zero-order chi connectivity index (χ0) is 12.6. The van der Waals surface area contributed by atoms with E-state index in [0.29, 0.717) is 18.5 Å². The molecule has 0 aromatic carbocycles. The maximum Gasteiger partial charge on any atom is 0.237 e. The molecule has 4 nitrogen and oxygen atoms in total. The van der Waals surface area contributed by atoms with Crippen molar-refractivity contribution in [3.05, 3.63) is 0 Å². The first kappa shape index (κ1) is 12.4. The van der Waals surface area contributed by atoms with Gasteiger partial charge in [-0.2, -0.15) is 0 Å². The molecule has 1 saturated heterocycles. The summed E-state index contributed by atoms with van der Waals surface area (Å²) >= 11 is 0. The molecule has 2 aliphatic carbocycles. The van der Waals surface area contributed by atoms with Gasteiger partial charge in [-0.15, -0.1) is 0 Å². The summed E-state index contributed by atoms with van der Waals surface area (Å²) in [5, 5.41) is 15.8. The van der Waals surface area contributed by atoms with Crippen LogP contribution in [-0.2, 0) is 4.79 Å². The second-order valence-corrected chi connectivity index (χ2v) is 6.48. The van der Waals surface area contributed by atoms with Crippen LogP contribution in [-0.4, -0.2) is 36.2 Å². The molecule has 3 fully saturated rings. The average molecular weight is 252 g/mol. The molecule has 0 bridgehead atoms. The van der Waals surface area contributed by atoms with Gasteiger partial charge in [0.2, 0.25) is 5.91 Å². The Morgan fingerprint density at radius 1 is 1.33 bits per heavy atom. The van der Waals surface area contributed by atoms with Crippen LogP contribution in [0.2, 0.25) is 0 Å². The molecule has 0 aromatic heterocycles. The number of carbonyl (C=O) groups excluding carboxylic acids is 1. The van der Waals surface area contributed by atoms with Gasteiger partial charge in [-0.25, -0.2) is 0 Å². The number of hydrogen-bond acceptors (Lipinski definition) is 3. The standard InChI is InChI=1S/C14H24N2O2/c17-9-14(5-6-14)8-15-13(18)12-7-10-3-1-2-4-11(10)16-12/h10-12,16-17H,1-9H2,(H,15,18). The lowest BCUT2D eigenvalue weighted by molar-refractivity contribution is -0.123. The van der Waals surface area contributed by atoms with Crippen molar-refractivity contribution in [2.75, 3.05) is 13.2 Å². The van der Waals surface area contributed by atoms with Gasteiger partial charge in [0, 0.05) is 18.0 Å². The lowest BCUT2D eigenvalue weighted by Gasteiger charge is -2.24. The predicted molar refractivity (Wildman–Crippen MR) is 69.0 cm³/mol. The minimum atomic E-state index is 0.00703. The summed E-state index contributed by atoms with van der Waals surface area (Å²) in [6.07, 6.45) is 8.24. The van der Waals surface area contributed by atoms with Gasteiger partial charge in [-0.1, -0.05) is 12.8 Å². The molecule has 0 spiro atoms. The number of fused-ring (bicyclic) bond motifs is 1. The fraction of sp³-hybridized carbons (Fsp3) is 0.929. The van der Waals surface area contributed by atoms with Crippen LogP contribution < -0.4 is 10.6 Å². The van der Waals surface area contributed by atoms with Crippen LogP contribution in [0.4, 0.5) is 0 Å². The first-order chi connectivity index (χ1) is 8.72. The fourth-order valence-corrected chi connectivity index (χ4v) is 3.49. The molecule has 0 radical (unpaired) electrons. The van der Waals surface area contributed by atoms with Gasteiger partial charge in [0.1, 0.15) is 0 Å². The Labute approximate surface area is 109 Å². The zero-order valence-corrected chi connectivity index (χ0v) is 11.0. The molecular formula is C14H24N2O2. The normalized spacial score (nSPS) is 37.1. The summed E-state index contributed by atoms with van der Waals surface area (Å²) in [7, 11) is 0. The molecule has 0 aromatic rings. The van der Waals surface area contributed by atoms with Gasteiger partial charge in [0.25, 0.3) is 0 Å². The van der Waals surface area contributed by atoms with Crippen molar-refractivity contribution >= 4 is 5.91 Å². The van der Waals surface area contributed by atoms with Crippen LogP contribution >= 0.6 is 0 Å². The number of aliphatic hydroxyl groups excluding tert-OH is 1. The highest BCUT2D eigenvalue weighted by molar-refractivity contribution is 5.82. The molecule has 102 valence electrons. The quantitative estimate of drug-likeness (QED) is 0.693. The number of nitrogens with one attached hydrogen (secondary N) is 2. The largest absolute Gasteiger partial charge is 0.396 e. The van der Waals surface area contributed by atoms with Gasteiger partial charge >= 0.3 is 0 Å². The Kier molecular flexibility index (Phi) is 3.32. The molecule has 3 atom stereocenters. The molecule has 3 unspecified atom stereocenters. The monoisotopic (exact) mass is 252 g/mol. The predicted octanol–water partition coefficient (Wildman–Crippen LogP) is 0.796. The van der Waals surface area contributed by atoms with Crippen molar-refractivity contribution in [2.45, 2.75) is 57.0 Å². The van der Waals surface area contributed by atoms with Crippen molar-refractivity contribution in [1.29, 1.82) is 0 Å². The zero-order valence-electron chi connectivity index (χ0n) is 11.0. The third-order valence-electron chi connectivity index (χ3n) is 5.11. The minimum absolute atomic E-state index is 0.00703. The number of aliphatic hydroxyl groups is 1. The molecule has 1 heterocycles. The summed E-state index contributed by atoms with van der Waals surface area (Å²) in [5.41, 5.74) is 0.0149. The van der Waals surface area contributed by atoms with Gasteiger partial charge in [-0.05, 0) is 38.0 Å². The maximum atomic E-state index is 12.1. The van der Waals surface area contributed by atoms with Crippen molar-refractivity contribution in [3.63, 3.8) is 0 Å². The molecule has 2 saturated carbocycles. The van der Waals surface area contributed by atoms with Crippen molar-refractivity contribution in [2.24, 2.45) is 11.3 Å². The molecule has 1 aliphatic heterocycles. The number of rotatable bonds is 4. The summed E-state index contributed by atoms with van der Waals surface area (Å²) in [5.74, 6) is 0.853. The Bertz CT molecular complexity index is 314. The van der Waals surface area contributed by atoms with E-state index < -0.39 is 0 Å². The van der Waals surface area contributed by atoms with E-state index in [1.807, 2.05) is 0 Å². The van der Waals surface area contributed by atoms with E-state index >= 15 is 0 Å². The Morgan fingerprint density at radius 2 is 2.11 bits per heavy atom. The van der Waals surface area contributed by atoms with E-state index in [0.717, 1.165) is 19.3 Å². The van der Waals surface area contributed by atoms with Crippen LogP contribution in [0.1, 0.15) is 44.9 Å². The summed E-state index contributed by atoms with van der Waals surface area (Å²) < 4.78 is 0. The molecule has 1 amide bonds. The van der Waals surface area contributed by atoms with E-state index in [9.17, 15) is 9.90 Å². The number of hydrogen-bond donors (Lipinski definition) is 3. The summed E-state index contributed by atoms with van der Waals surface area (Å²) in [6.45, 7) is 0.854. The van der Waals surface area contributed by atoms with E-state index in [-0.39, 0.29) is 24.0 Å². The molecule has 4 heteroatoms. The third-order valence-corrected chi connectivity index (χ3v) is 5.11. The summed E-state index contributed by atoms with van der Waals surface area (Å²) in [4.78, 5) is 12.1. The maximum absolute atomic E-state index is 12.1. The second-order valence-electron chi connectivity index (χ2n) is 6.48. The summed E-state index contributed by atoms with van der Waals surface area (Å²) in [6, 6.07) is 0.579. The number of amides is 1. The van der Waals surface area contributed by atoms with Gasteiger partial charge in [0.15, 0.2) is 0 Å².